The lowest BCUT2D eigenvalue weighted by Crippen LogP contribution is -2.17. The van der Waals surface area contributed by atoms with E-state index in [4.69, 9.17) is 5.39 Å². The molecule has 1 aromatic rings. The maximum absolute atomic E-state index is 11.8. The van der Waals surface area contributed by atoms with Crippen LogP contribution in [0.1, 0.15) is 0 Å². The molecule has 1 rings (SSSR count). The molecule has 0 saturated heterocycles. The van der Waals surface area contributed by atoms with E-state index in [1.54, 1.807) is 0 Å². The van der Waals surface area contributed by atoms with Crippen molar-refractivity contribution in [3.8, 4) is 5.75 Å². The van der Waals surface area contributed by atoms with E-state index in [1.165, 1.54) is 0 Å². The van der Waals surface area contributed by atoms with E-state index < -0.39 is 35.7 Å². The molecule has 0 heterocycles. The monoisotopic (exact) mass is 321 g/mol. The summed E-state index contributed by atoms with van der Waals surface area (Å²) in [5.41, 5.74) is -1.19. The van der Waals surface area contributed by atoms with Crippen molar-refractivity contribution in [1.82, 2.24) is 0 Å². The highest BCUT2D eigenvalue weighted by Gasteiger charge is 2.35. The second-order valence-corrected chi connectivity index (χ2v) is 3.05. The lowest BCUT2D eigenvalue weighted by molar-refractivity contribution is -0.384. The zero-order valence-corrected chi connectivity index (χ0v) is 9.52. The van der Waals surface area contributed by atoms with Crippen molar-refractivity contribution >= 4 is 18.6 Å². The van der Waals surface area contributed by atoms with Gasteiger partial charge in [-0.1, -0.05) is 0 Å². The summed E-state index contributed by atoms with van der Waals surface area (Å²) >= 11 is 0. The van der Waals surface area contributed by atoms with Crippen molar-refractivity contribution in [3.05, 3.63) is 33.3 Å². The SMILES string of the molecule is F[B-](F)(F)F.N#[N+]c1cc([N+](=O)[O-])ccc1OC(F)(F)F. The Morgan fingerprint density at radius 1 is 1.24 bits per heavy atom. The number of ether oxygens (including phenoxy) is 1. The van der Waals surface area contributed by atoms with Crippen LogP contribution in [0.15, 0.2) is 18.2 Å². The average Bonchev–Trinajstić information content (AvgIpc) is 2.24. The summed E-state index contributed by atoms with van der Waals surface area (Å²) in [6.07, 6.45) is -4.96. The average molecular weight is 321 g/mol. The fraction of sp³-hybridized carbons (Fsp3) is 0.143. The Hall–Kier alpha value is -2.59. The Balaban J connectivity index is 0.000000690. The normalized spacial score (nSPS) is 11.0. The summed E-state index contributed by atoms with van der Waals surface area (Å²) in [5.74, 6) is -0.819. The van der Waals surface area contributed by atoms with E-state index in [2.05, 4.69) is 9.71 Å². The molecule has 0 aliphatic carbocycles. The van der Waals surface area contributed by atoms with Gasteiger partial charge in [0.2, 0.25) is 11.1 Å². The zero-order chi connectivity index (χ0) is 16.8. The highest BCUT2D eigenvalue weighted by molar-refractivity contribution is 6.50. The number of non-ortho nitro benzene ring substituents is 1. The van der Waals surface area contributed by atoms with Gasteiger partial charge in [-0.25, -0.2) is 0 Å². The zero-order valence-electron chi connectivity index (χ0n) is 9.52. The van der Waals surface area contributed by atoms with Crippen molar-refractivity contribution in [2.75, 3.05) is 0 Å². The summed E-state index contributed by atoms with van der Waals surface area (Å²) in [5, 5.41) is 18.7. The van der Waals surface area contributed by atoms with Crippen LogP contribution < -0.4 is 4.74 Å². The van der Waals surface area contributed by atoms with Crippen LogP contribution in [0.25, 0.3) is 4.98 Å². The number of halogens is 7. The smallest absolute Gasteiger partial charge is 0.418 e. The molecule has 21 heavy (non-hydrogen) atoms. The van der Waals surface area contributed by atoms with Gasteiger partial charge in [0, 0.05) is 6.07 Å². The van der Waals surface area contributed by atoms with Crippen LogP contribution in [0, 0.1) is 15.5 Å². The van der Waals surface area contributed by atoms with Crippen molar-refractivity contribution in [3.63, 3.8) is 0 Å². The van der Waals surface area contributed by atoms with Crippen LogP contribution in [-0.4, -0.2) is 18.5 Å². The molecule has 1 aromatic carbocycles. The van der Waals surface area contributed by atoms with E-state index in [9.17, 15) is 40.5 Å². The summed E-state index contributed by atoms with van der Waals surface area (Å²) in [4.78, 5) is 11.9. The first-order chi connectivity index (χ1) is 9.33. The van der Waals surface area contributed by atoms with Crippen LogP contribution in [0.3, 0.4) is 0 Å². The van der Waals surface area contributed by atoms with Gasteiger partial charge in [0.25, 0.3) is 5.69 Å². The van der Waals surface area contributed by atoms with E-state index in [0.717, 1.165) is 6.07 Å². The molecule has 0 bridgehead atoms. The fourth-order valence-corrected chi connectivity index (χ4v) is 0.908. The predicted molar refractivity (Wildman–Crippen MR) is 54.7 cm³/mol. The number of hydrogen-bond donors (Lipinski definition) is 0. The van der Waals surface area contributed by atoms with Crippen LogP contribution in [0.5, 0.6) is 5.75 Å². The highest BCUT2D eigenvalue weighted by atomic mass is 19.5. The minimum absolute atomic E-state index is 0.512. The molecule has 0 radical (unpaired) electrons. The van der Waals surface area contributed by atoms with Crippen molar-refractivity contribution < 1.29 is 40.1 Å². The Kier molecular flexibility index (Phi) is 5.90. The molecule has 0 saturated carbocycles. The predicted octanol–water partition coefficient (Wildman–Crippen LogP) is 4.28. The van der Waals surface area contributed by atoms with Crippen molar-refractivity contribution in [1.29, 1.82) is 5.39 Å². The van der Waals surface area contributed by atoms with E-state index in [1.807, 2.05) is 0 Å². The second-order valence-electron chi connectivity index (χ2n) is 3.05. The van der Waals surface area contributed by atoms with Gasteiger partial charge < -0.3 is 22.0 Å². The topological polar surface area (TPSA) is 80.5 Å². The van der Waals surface area contributed by atoms with E-state index in [-0.39, 0.29) is 0 Å². The van der Waals surface area contributed by atoms with Gasteiger partial charge in [-0.15, -0.1) is 13.2 Å². The molecule has 0 aliphatic heterocycles. The number of hydrogen-bond acceptors (Lipinski definition) is 4. The van der Waals surface area contributed by atoms with Crippen LogP contribution >= 0.6 is 0 Å². The number of nitro benzene ring substituents is 1. The summed E-state index contributed by atoms with van der Waals surface area (Å²) in [6, 6.07) is 2.15. The molecule has 0 unspecified atom stereocenters. The number of rotatable bonds is 2. The van der Waals surface area contributed by atoms with Gasteiger partial charge >= 0.3 is 19.3 Å². The summed E-state index contributed by atoms with van der Waals surface area (Å²) in [6.45, 7) is 0. The van der Waals surface area contributed by atoms with Crippen molar-refractivity contribution in [2.45, 2.75) is 6.36 Å². The largest absolute Gasteiger partial charge is 0.673 e. The minimum Gasteiger partial charge on any atom is -0.418 e. The molecule has 0 aromatic heterocycles. The molecule has 0 N–H and O–H groups in total. The van der Waals surface area contributed by atoms with Crippen LogP contribution in [0.2, 0.25) is 0 Å². The van der Waals surface area contributed by atoms with Gasteiger partial charge in [0.05, 0.1) is 4.92 Å². The van der Waals surface area contributed by atoms with Gasteiger partial charge in [-0.2, -0.15) is 0 Å². The van der Waals surface area contributed by atoms with Gasteiger partial charge in [0.1, 0.15) is 6.07 Å². The number of nitro groups is 1. The Morgan fingerprint density at radius 2 is 1.71 bits per heavy atom. The quantitative estimate of drug-likeness (QED) is 0.268. The molecule has 0 spiro atoms. The first-order valence-electron chi connectivity index (χ1n) is 4.60. The van der Waals surface area contributed by atoms with Crippen LogP contribution in [-0.2, 0) is 0 Å². The third kappa shape index (κ3) is 9.02. The third-order valence-electron chi connectivity index (χ3n) is 1.49. The molecule has 0 atom stereocenters. The van der Waals surface area contributed by atoms with Gasteiger partial charge in [-0.05, 0) is 6.07 Å². The first-order valence-corrected chi connectivity index (χ1v) is 4.60. The number of benzene rings is 1. The van der Waals surface area contributed by atoms with E-state index in [0.29, 0.717) is 12.1 Å². The van der Waals surface area contributed by atoms with Crippen LogP contribution in [0.4, 0.5) is 41.8 Å². The fourth-order valence-electron chi connectivity index (χ4n) is 0.908. The second kappa shape index (κ2) is 6.73. The molecule has 6 nitrogen and oxygen atoms in total. The Morgan fingerprint density at radius 3 is 2.05 bits per heavy atom. The molecular formula is C7H3BF7N3O3. The molecule has 0 aliphatic rings. The maximum Gasteiger partial charge on any atom is 0.673 e. The van der Waals surface area contributed by atoms with Gasteiger partial charge in [-0.3, -0.25) is 10.1 Å². The van der Waals surface area contributed by atoms with E-state index >= 15 is 0 Å². The standard InChI is InChI=1S/C7H3F3N3O3.BF4/c8-7(9,10)16-6-2-1-4(13(14)15)3-5(6)12-11;2-1(3,4)5/h1-3H;/q+1;-1. The maximum atomic E-state index is 11.8. The third-order valence-corrected chi connectivity index (χ3v) is 1.49. The summed E-state index contributed by atoms with van der Waals surface area (Å²) < 4.78 is 78.0. The molecule has 0 fully saturated rings. The van der Waals surface area contributed by atoms with Gasteiger partial charge in [0.15, 0.2) is 4.98 Å². The first kappa shape index (κ1) is 18.4. The Bertz CT molecular complexity index is 548. The molecule has 116 valence electrons. The highest BCUT2D eigenvalue weighted by Crippen LogP contribution is 2.35. The number of nitrogens with zero attached hydrogens (tertiary/aromatic N) is 3. The summed E-state index contributed by atoms with van der Waals surface area (Å²) in [7, 11) is -6.00. The molecule has 14 heteroatoms. The lowest BCUT2D eigenvalue weighted by atomic mass is 10.2. The number of diazo groups is 1. The minimum atomic E-state index is -6.00. The Labute approximate surface area is 111 Å². The number of alkyl halides is 3. The lowest BCUT2D eigenvalue weighted by Gasteiger charge is -2.05. The molecule has 0 amide bonds. The van der Waals surface area contributed by atoms with Crippen molar-refractivity contribution in [2.24, 2.45) is 0 Å². The molecular weight excluding hydrogens is 318 g/mol.